The van der Waals surface area contributed by atoms with Crippen molar-refractivity contribution < 1.29 is 19.1 Å². The lowest BCUT2D eigenvalue weighted by Gasteiger charge is -2.35. The Hall–Kier alpha value is -2.77. The lowest BCUT2D eigenvalue weighted by molar-refractivity contribution is -0.127. The van der Waals surface area contributed by atoms with E-state index in [-0.39, 0.29) is 23.9 Å². The highest BCUT2D eigenvalue weighted by molar-refractivity contribution is 5.94. The van der Waals surface area contributed by atoms with Crippen LogP contribution in [0.15, 0.2) is 24.3 Å². The second-order valence-corrected chi connectivity index (χ2v) is 6.79. The molecule has 1 atom stereocenters. The van der Waals surface area contributed by atoms with E-state index in [9.17, 15) is 14.4 Å². The van der Waals surface area contributed by atoms with Crippen LogP contribution in [-0.4, -0.2) is 85.0 Å². The molecular weight excluding hydrogens is 348 g/mol. The molecule has 0 unspecified atom stereocenters. The van der Waals surface area contributed by atoms with Gasteiger partial charge in [0.15, 0.2) is 0 Å². The molecule has 8 heteroatoms. The summed E-state index contributed by atoms with van der Waals surface area (Å²) in [5.74, 6) is 0.746. The number of ether oxygens (including phenoxy) is 1. The molecule has 0 radical (unpaired) electrons. The number of piperazine rings is 1. The zero-order chi connectivity index (χ0) is 19.4. The largest absolute Gasteiger partial charge is 0.497 e. The van der Waals surface area contributed by atoms with Gasteiger partial charge in [-0.15, -0.1) is 0 Å². The Morgan fingerprint density at radius 2 is 1.74 bits per heavy atom. The predicted molar refractivity (Wildman–Crippen MR) is 99.7 cm³/mol. The smallest absolute Gasteiger partial charge is 0.317 e. The van der Waals surface area contributed by atoms with Crippen molar-refractivity contribution in [3.05, 3.63) is 29.8 Å². The molecule has 1 aromatic rings. The topological polar surface area (TPSA) is 82.2 Å². The number of likely N-dealkylation sites (tertiary alicyclic amines) is 1. The molecule has 4 amide bonds. The van der Waals surface area contributed by atoms with Gasteiger partial charge in [-0.3, -0.25) is 9.59 Å². The van der Waals surface area contributed by atoms with Crippen LogP contribution in [0.3, 0.4) is 0 Å². The van der Waals surface area contributed by atoms with Crippen LogP contribution in [0.25, 0.3) is 0 Å². The predicted octanol–water partition coefficient (Wildman–Crippen LogP) is 0.783. The minimum Gasteiger partial charge on any atom is -0.497 e. The van der Waals surface area contributed by atoms with Crippen molar-refractivity contribution in [2.75, 3.05) is 46.4 Å². The van der Waals surface area contributed by atoms with Crippen molar-refractivity contribution in [1.82, 2.24) is 20.0 Å². The summed E-state index contributed by atoms with van der Waals surface area (Å²) in [6, 6.07) is 6.72. The highest BCUT2D eigenvalue weighted by atomic mass is 16.5. The molecule has 27 heavy (non-hydrogen) atoms. The summed E-state index contributed by atoms with van der Waals surface area (Å²) in [7, 11) is 1.59. The minimum atomic E-state index is -0.165. The molecule has 0 saturated carbocycles. The number of amides is 4. The number of carbonyl (C=O) groups excluding carboxylic acids is 3. The van der Waals surface area contributed by atoms with Crippen LogP contribution in [0.4, 0.5) is 4.79 Å². The van der Waals surface area contributed by atoms with Crippen molar-refractivity contribution in [3.63, 3.8) is 0 Å². The summed E-state index contributed by atoms with van der Waals surface area (Å²) in [6.45, 7) is 5.10. The average molecular weight is 374 g/mol. The minimum absolute atomic E-state index is 0.0438. The molecule has 0 bridgehead atoms. The molecule has 8 nitrogen and oxygen atoms in total. The fraction of sp³-hybridized carbons (Fsp3) is 0.526. The zero-order valence-corrected chi connectivity index (χ0v) is 15.8. The number of benzene rings is 1. The monoisotopic (exact) mass is 374 g/mol. The molecular formula is C19H26N4O4. The molecule has 3 rings (SSSR count). The van der Waals surface area contributed by atoms with E-state index < -0.39 is 0 Å². The summed E-state index contributed by atoms with van der Waals surface area (Å²) in [4.78, 5) is 42.0. The van der Waals surface area contributed by atoms with Crippen LogP contribution in [0.1, 0.15) is 23.7 Å². The third-order valence-electron chi connectivity index (χ3n) is 5.11. The van der Waals surface area contributed by atoms with Crippen molar-refractivity contribution in [3.8, 4) is 5.75 Å². The van der Waals surface area contributed by atoms with Crippen molar-refractivity contribution >= 4 is 17.8 Å². The molecule has 146 valence electrons. The van der Waals surface area contributed by atoms with Gasteiger partial charge in [-0.2, -0.15) is 0 Å². The van der Waals surface area contributed by atoms with E-state index in [2.05, 4.69) is 5.32 Å². The van der Waals surface area contributed by atoms with Gasteiger partial charge in [0.25, 0.3) is 5.91 Å². The quantitative estimate of drug-likeness (QED) is 0.845. The van der Waals surface area contributed by atoms with E-state index in [1.54, 1.807) is 46.1 Å². The maximum atomic E-state index is 12.6. The first-order chi connectivity index (χ1) is 13.0. The molecule has 2 fully saturated rings. The first kappa shape index (κ1) is 19.0. The van der Waals surface area contributed by atoms with Crippen LogP contribution >= 0.6 is 0 Å². The van der Waals surface area contributed by atoms with Crippen molar-refractivity contribution in [2.45, 2.75) is 19.4 Å². The summed E-state index contributed by atoms with van der Waals surface area (Å²) in [5, 5.41) is 2.94. The number of hydrogen-bond acceptors (Lipinski definition) is 4. The summed E-state index contributed by atoms with van der Waals surface area (Å²) in [6.07, 6.45) is 0.357. The third-order valence-corrected chi connectivity index (χ3v) is 5.11. The van der Waals surface area contributed by atoms with Crippen LogP contribution in [0.5, 0.6) is 5.75 Å². The van der Waals surface area contributed by atoms with Crippen LogP contribution < -0.4 is 10.1 Å². The maximum Gasteiger partial charge on any atom is 0.317 e. The van der Waals surface area contributed by atoms with Crippen molar-refractivity contribution in [2.24, 2.45) is 0 Å². The van der Waals surface area contributed by atoms with E-state index in [1.165, 1.54) is 0 Å². The molecule has 1 aromatic carbocycles. The van der Waals surface area contributed by atoms with E-state index in [0.29, 0.717) is 57.0 Å². The number of likely N-dealkylation sites (N-methyl/N-ethyl adjacent to an activating group) is 1. The summed E-state index contributed by atoms with van der Waals surface area (Å²) < 4.78 is 5.11. The Kier molecular flexibility index (Phi) is 5.83. The molecule has 2 aliphatic rings. The van der Waals surface area contributed by atoms with E-state index in [0.717, 1.165) is 0 Å². The van der Waals surface area contributed by atoms with Gasteiger partial charge in [0, 0.05) is 51.3 Å². The van der Waals surface area contributed by atoms with Gasteiger partial charge < -0.3 is 24.8 Å². The van der Waals surface area contributed by atoms with Gasteiger partial charge >= 0.3 is 6.03 Å². The molecule has 2 saturated heterocycles. The Bertz CT molecular complexity index is 698. The lowest BCUT2D eigenvalue weighted by atomic mass is 10.1. The molecule has 1 N–H and O–H groups in total. The Morgan fingerprint density at radius 1 is 1.11 bits per heavy atom. The summed E-state index contributed by atoms with van der Waals surface area (Å²) >= 11 is 0. The van der Waals surface area contributed by atoms with Gasteiger partial charge in [-0.25, -0.2) is 4.79 Å². The molecule has 0 aromatic heterocycles. The van der Waals surface area contributed by atoms with Crippen LogP contribution in [-0.2, 0) is 4.79 Å². The van der Waals surface area contributed by atoms with Crippen LogP contribution in [0.2, 0.25) is 0 Å². The standard InChI is InChI=1S/C19H26N4O4/c1-3-21-13-15(12-17(21)24)20-19(26)23-10-8-22(9-11-23)18(25)14-4-6-16(27-2)7-5-14/h4-7,15H,3,8-13H2,1-2H3,(H,20,26)/t15-/m1/s1. The maximum absolute atomic E-state index is 12.6. The Morgan fingerprint density at radius 3 is 2.30 bits per heavy atom. The SMILES string of the molecule is CCN1C[C@H](NC(=O)N2CCN(C(=O)c3ccc(OC)cc3)CC2)CC1=O. The highest BCUT2D eigenvalue weighted by Crippen LogP contribution is 2.15. The first-order valence-electron chi connectivity index (χ1n) is 9.28. The summed E-state index contributed by atoms with van der Waals surface area (Å²) in [5.41, 5.74) is 0.609. The van der Waals surface area contributed by atoms with Gasteiger partial charge in [-0.1, -0.05) is 0 Å². The lowest BCUT2D eigenvalue weighted by Crippen LogP contribution is -2.54. The Labute approximate surface area is 159 Å². The van der Waals surface area contributed by atoms with E-state index in [4.69, 9.17) is 4.74 Å². The third kappa shape index (κ3) is 4.32. The van der Waals surface area contributed by atoms with Gasteiger partial charge in [0.2, 0.25) is 5.91 Å². The van der Waals surface area contributed by atoms with Crippen molar-refractivity contribution in [1.29, 1.82) is 0 Å². The molecule has 2 aliphatic heterocycles. The number of methoxy groups -OCH3 is 1. The number of nitrogens with zero attached hydrogens (tertiary/aromatic N) is 3. The molecule has 2 heterocycles. The second-order valence-electron chi connectivity index (χ2n) is 6.79. The van der Waals surface area contributed by atoms with Crippen LogP contribution in [0, 0.1) is 0 Å². The first-order valence-corrected chi connectivity index (χ1v) is 9.28. The van der Waals surface area contributed by atoms with Gasteiger partial charge in [-0.05, 0) is 31.2 Å². The second kappa shape index (κ2) is 8.28. The number of nitrogens with one attached hydrogen (secondary N) is 1. The van der Waals surface area contributed by atoms with E-state index >= 15 is 0 Å². The number of rotatable bonds is 4. The zero-order valence-electron chi connectivity index (χ0n) is 15.8. The fourth-order valence-electron chi connectivity index (χ4n) is 3.47. The normalized spacial score (nSPS) is 20.0. The van der Waals surface area contributed by atoms with Gasteiger partial charge in [0.05, 0.1) is 13.2 Å². The highest BCUT2D eigenvalue weighted by Gasteiger charge is 2.31. The van der Waals surface area contributed by atoms with E-state index in [1.807, 2.05) is 6.92 Å². The number of hydrogen-bond donors (Lipinski definition) is 1. The molecule has 0 aliphatic carbocycles. The fourth-order valence-corrected chi connectivity index (χ4v) is 3.47. The number of carbonyl (C=O) groups is 3. The Balaban J connectivity index is 1.48. The number of urea groups is 1. The average Bonchev–Trinajstić information content (AvgIpc) is 3.06. The molecule has 0 spiro atoms. The van der Waals surface area contributed by atoms with Gasteiger partial charge in [0.1, 0.15) is 5.75 Å².